The Kier molecular flexibility index (Phi) is 20.3. The van der Waals surface area contributed by atoms with Gasteiger partial charge in [-0.2, -0.15) is 0 Å². The summed E-state index contributed by atoms with van der Waals surface area (Å²) in [6, 6.07) is -0.885. The van der Waals surface area contributed by atoms with Crippen molar-refractivity contribution >= 4 is 23.4 Å². The predicted octanol–water partition coefficient (Wildman–Crippen LogP) is 7.38. The van der Waals surface area contributed by atoms with Crippen molar-refractivity contribution in [1.29, 1.82) is 0 Å². The van der Waals surface area contributed by atoms with Crippen LogP contribution in [0.25, 0.3) is 0 Å². The standard InChI is InChI=1S/C50H79NO11/c1-31-15-11-10-12-16-32(2)45(59-8)27-39-20-18-37(7)50(58,62-39)30-48(56)51-22-14-13-17-40(51)49(57)61-46(36(6)25-38-19-21-41(52)47(26-38)60-9)29-44(55)35(5)24-34(4)43(54)28-42(53)33(3)23-31/h10-12,15-16,24,31,33,35-41,43,45-47,52,54,58H,13-14,17-23,25-30H2,1-9H3/b12-10+,15-11-,32-16+,34-24+/t31-,33-,35-,36-,37-,38-,39+,40+,41+,43+,45+,46+,47+,50+/m1/s1. The van der Waals surface area contributed by atoms with Crippen LogP contribution in [0.3, 0.4) is 0 Å². The van der Waals surface area contributed by atoms with Crippen LogP contribution in [0.1, 0.15) is 138 Å². The molecule has 2 saturated heterocycles. The number of ketones is 2. The topological polar surface area (TPSA) is 169 Å². The number of rotatable bonds is 5. The molecule has 3 fully saturated rings. The molecule has 12 heteroatoms. The van der Waals surface area contributed by atoms with Crippen molar-refractivity contribution < 1.29 is 53.4 Å². The van der Waals surface area contributed by atoms with E-state index in [4.69, 9.17) is 18.9 Å². The van der Waals surface area contributed by atoms with Crippen molar-refractivity contribution in [3.8, 4) is 0 Å². The van der Waals surface area contributed by atoms with Crippen LogP contribution < -0.4 is 0 Å². The first-order valence-corrected chi connectivity index (χ1v) is 23.4. The van der Waals surface area contributed by atoms with Crippen LogP contribution in [0, 0.1) is 35.5 Å². The van der Waals surface area contributed by atoms with Gasteiger partial charge in [-0.1, -0.05) is 71.1 Å². The molecule has 0 aromatic carbocycles. The summed E-state index contributed by atoms with van der Waals surface area (Å²) in [5.74, 6) is -4.09. The lowest BCUT2D eigenvalue weighted by Gasteiger charge is -2.44. The number of aliphatic hydroxyl groups excluding tert-OH is 2. The van der Waals surface area contributed by atoms with Crippen molar-refractivity contribution in [2.24, 2.45) is 35.5 Å². The van der Waals surface area contributed by atoms with Gasteiger partial charge >= 0.3 is 5.97 Å². The van der Waals surface area contributed by atoms with Crippen LogP contribution in [0.2, 0.25) is 0 Å². The second-order valence-electron chi connectivity index (χ2n) is 19.4. The van der Waals surface area contributed by atoms with Crippen molar-refractivity contribution in [3.05, 3.63) is 47.6 Å². The van der Waals surface area contributed by atoms with Gasteiger partial charge in [0.15, 0.2) is 5.79 Å². The minimum atomic E-state index is -1.74. The van der Waals surface area contributed by atoms with Gasteiger partial charge in [0.25, 0.3) is 0 Å². The third kappa shape index (κ3) is 14.8. The molecule has 12 nitrogen and oxygen atoms in total. The first kappa shape index (κ1) is 51.6. The van der Waals surface area contributed by atoms with Crippen molar-refractivity contribution in [1.82, 2.24) is 4.90 Å². The number of amides is 1. The third-order valence-corrected chi connectivity index (χ3v) is 14.2. The lowest BCUT2D eigenvalue weighted by molar-refractivity contribution is -0.284. The fourth-order valence-electron chi connectivity index (χ4n) is 9.87. The Hall–Kier alpha value is -3.00. The summed E-state index contributed by atoms with van der Waals surface area (Å²) >= 11 is 0. The molecule has 4 rings (SSSR count). The highest BCUT2D eigenvalue weighted by Crippen LogP contribution is 2.39. The van der Waals surface area contributed by atoms with E-state index in [0.29, 0.717) is 76.3 Å². The van der Waals surface area contributed by atoms with Gasteiger partial charge in [-0.3, -0.25) is 14.4 Å². The van der Waals surface area contributed by atoms with Crippen molar-refractivity contribution in [2.75, 3.05) is 20.8 Å². The molecule has 62 heavy (non-hydrogen) atoms. The monoisotopic (exact) mass is 870 g/mol. The van der Waals surface area contributed by atoms with Crippen LogP contribution in [0.5, 0.6) is 0 Å². The molecular formula is C50H79NO11. The molecule has 3 heterocycles. The number of aliphatic hydroxyl groups is 3. The fourth-order valence-corrected chi connectivity index (χ4v) is 9.87. The molecule has 3 aliphatic heterocycles. The molecule has 0 radical (unpaired) electrons. The number of hydrogen-bond donors (Lipinski definition) is 3. The van der Waals surface area contributed by atoms with Crippen LogP contribution in [0.4, 0.5) is 0 Å². The smallest absolute Gasteiger partial charge is 0.329 e. The second-order valence-corrected chi connectivity index (χ2v) is 19.4. The lowest BCUT2D eigenvalue weighted by atomic mass is 9.78. The summed E-state index contributed by atoms with van der Waals surface area (Å²) in [4.78, 5) is 57.3. The van der Waals surface area contributed by atoms with Gasteiger partial charge in [0.1, 0.15) is 23.7 Å². The Balaban J connectivity index is 1.64. The average molecular weight is 870 g/mol. The number of nitrogens with zero attached hydrogens (tertiary/aromatic N) is 1. The quantitative estimate of drug-likeness (QED) is 0.186. The molecule has 0 unspecified atom stereocenters. The minimum absolute atomic E-state index is 0.0510. The molecule has 1 amide bonds. The maximum absolute atomic E-state index is 14.3. The van der Waals surface area contributed by atoms with E-state index in [1.165, 1.54) is 4.90 Å². The highest BCUT2D eigenvalue weighted by Gasteiger charge is 2.46. The number of Topliss-reactive ketones (excluding diaryl/α,β-unsaturated/α-hetero) is 2. The third-order valence-electron chi connectivity index (χ3n) is 14.2. The van der Waals surface area contributed by atoms with Crippen LogP contribution in [-0.2, 0) is 38.1 Å². The normalized spacial score (nSPS) is 40.5. The summed E-state index contributed by atoms with van der Waals surface area (Å²) in [5.41, 5.74) is 1.51. The molecule has 4 aliphatic rings. The number of cyclic esters (lactones) is 1. The molecular weight excluding hydrogens is 791 g/mol. The largest absolute Gasteiger partial charge is 0.460 e. The highest BCUT2D eigenvalue weighted by molar-refractivity contribution is 5.86. The Morgan fingerprint density at radius 3 is 2.31 bits per heavy atom. The Labute approximate surface area is 371 Å². The van der Waals surface area contributed by atoms with Gasteiger partial charge in [0, 0.05) is 57.8 Å². The number of methoxy groups -OCH3 is 2. The van der Waals surface area contributed by atoms with Gasteiger partial charge < -0.3 is 39.2 Å². The zero-order chi connectivity index (χ0) is 45.7. The van der Waals surface area contributed by atoms with E-state index in [-0.39, 0.29) is 84.6 Å². The summed E-state index contributed by atoms with van der Waals surface area (Å²) in [7, 11) is 3.24. The van der Waals surface area contributed by atoms with Gasteiger partial charge in [-0.05, 0) is 107 Å². The SMILES string of the molecule is CO[C@H]1C[C@@H]2CC[C@@H](C)[C@](O)(CC(=O)N3CCCC[C@H]3C(=O)O[C@H]([C@H](C)C[C@H]3CC[C@H](O)[C@@H](OC)C3)CC(=O)[C@H](C)/C=C(\C)[C@@H](O)CC(=O)[C@H](C)C[C@H](C)\C=C/C=C/C=C/1C)O2. The number of carbonyl (C=O) groups excluding carboxylic acids is 4. The van der Waals surface area contributed by atoms with Gasteiger partial charge in [0.05, 0.1) is 36.9 Å². The molecule has 1 saturated carbocycles. The Morgan fingerprint density at radius 2 is 1.60 bits per heavy atom. The predicted molar refractivity (Wildman–Crippen MR) is 239 cm³/mol. The summed E-state index contributed by atoms with van der Waals surface area (Å²) in [6.07, 6.45) is 14.7. The first-order chi connectivity index (χ1) is 29.3. The number of esters is 1. The summed E-state index contributed by atoms with van der Waals surface area (Å²) < 4.78 is 24.2. The number of fused-ring (bicyclic) bond motifs is 3. The van der Waals surface area contributed by atoms with E-state index in [0.717, 1.165) is 12.0 Å². The molecule has 0 aromatic heterocycles. The average Bonchev–Trinajstić information content (AvgIpc) is 3.23. The number of carbonyl (C=O) groups is 4. The molecule has 1 aliphatic carbocycles. The molecule has 350 valence electrons. The second kappa shape index (κ2) is 24.3. The number of ether oxygens (including phenoxy) is 4. The van der Waals surface area contributed by atoms with Crippen molar-refractivity contribution in [2.45, 2.75) is 187 Å². The van der Waals surface area contributed by atoms with Gasteiger partial charge in [0.2, 0.25) is 5.91 Å². The van der Waals surface area contributed by atoms with Crippen molar-refractivity contribution in [3.63, 3.8) is 0 Å². The number of allylic oxidation sites excluding steroid dienone is 6. The molecule has 0 aromatic rings. The van der Waals surface area contributed by atoms with Gasteiger partial charge in [-0.25, -0.2) is 4.79 Å². The van der Waals surface area contributed by atoms with E-state index >= 15 is 0 Å². The maximum atomic E-state index is 14.3. The number of piperidine rings is 1. The lowest BCUT2D eigenvalue weighted by Crippen LogP contribution is -2.55. The minimum Gasteiger partial charge on any atom is -0.460 e. The molecule has 0 spiro atoms. The van der Waals surface area contributed by atoms with E-state index in [1.807, 2.05) is 52.0 Å². The van der Waals surface area contributed by atoms with E-state index in [9.17, 15) is 34.5 Å². The molecule has 2 bridgehead atoms. The Morgan fingerprint density at radius 1 is 0.855 bits per heavy atom. The van der Waals surface area contributed by atoms with Crippen LogP contribution in [0.15, 0.2) is 47.6 Å². The highest BCUT2D eigenvalue weighted by atomic mass is 16.6. The zero-order valence-electron chi connectivity index (χ0n) is 39.1. The summed E-state index contributed by atoms with van der Waals surface area (Å²) in [5, 5.41) is 33.5. The molecule has 3 N–H and O–H groups in total. The maximum Gasteiger partial charge on any atom is 0.329 e. The first-order valence-electron chi connectivity index (χ1n) is 23.4. The molecule has 14 atom stereocenters. The summed E-state index contributed by atoms with van der Waals surface area (Å²) in [6.45, 7) is 13.6. The van der Waals surface area contributed by atoms with E-state index in [1.54, 1.807) is 34.1 Å². The zero-order valence-corrected chi connectivity index (χ0v) is 39.1. The van der Waals surface area contributed by atoms with Gasteiger partial charge in [-0.15, -0.1) is 0 Å². The van der Waals surface area contributed by atoms with Crippen LogP contribution >= 0.6 is 0 Å². The van der Waals surface area contributed by atoms with E-state index in [2.05, 4.69) is 13.0 Å². The van der Waals surface area contributed by atoms with Crippen LogP contribution in [-0.4, -0.2) is 113 Å². The Bertz CT molecular complexity index is 1620. The number of hydrogen-bond acceptors (Lipinski definition) is 11. The van der Waals surface area contributed by atoms with E-state index < -0.39 is 42.0 Å². The fraction of sp³-hybridized carbons (Fsp3) is 0.760.